The standard InChI is InChI=1S/C29H34ClNO5/c1-34-29(33)20-7-10-27-26(15-20)31(17-21-6-9-25(21)28-16-24(32)11-13-35-28)12-3-2-4-19-14-23(30)8-5-22(19)18-36-27/h5,7-8,10,14-15,21,25,28H,2-4,6,9,11-13,16-18H2,1H3/t21-,25+,28+/m0/s1. The lowest BCUT2D eigenvalue weighted by Crippen LogP contribution is -2.46. The van der Waals surface area contributed by atoms with Crippen molar-refractivity contribution in [2.24, 2.45) is 11.8 Å². The average molecular weight is 512 g/mol. The second kappa shape index (κ2) is 11.2. The van der Waals surface area contributed by atoms with Crippen LogP contribution >= 0.6 is 11.6 Å². The topological polar surface area (TPSA) is 65.1 Å². The molecule has 1 aliphatic carbocycles. The first kappa shape index (κ1) is 25.1. The van der Waals surface area contributed by atoms with E-state index in [1.165, 1.54) is 12.7 Å². The monoisotopic (exact) mass is 511 g/mol. The summed E-state index contributed by atoms with van der Waals surface area (Å²) in [6.07, 6.45) is 6.30. The van der Waals surface area contributed by atoms with E-state index in [-0.39, 0.29) is 12.1 Å². The summed E-state index contributed by atoms with van der Waals surface area (Å²) in [5.74, 6) is 1.55. The zero-order chi connectivity index (χ0) is 25.1. The lowest BCUT2D eigenvalue weighted by molar-refractivity contribution is -0.135. The van der Waals surface area contributed by atoms with Gasteiger partial charge in [-0.25, -0.2) is 4.79 Å². The average Bonchev–Trinajstić information content (AvgIpc) is 2.89. The van der Waals surface area contributed by atoms with Gasteiger partial charge >= 0.3 is 5.97 Å². The van der Waals surface area contributed by atoms with Gasteiger partial charge in [0.05, 0.1) is 31.1 Å². The Balaban J connectivity index is 1.42. The third-order valence-electron chi connectivity index (χ3n) is 7.95. The van der Waals surface area contributed by atoms with Crippen LogP contribution in [0.2, 0.25) is 5.02 Å². The first-order chi connectivity index (χ1) is 17.5. The van der Waals surface area contributed by atoms with Crippen LogP contribution in [-0.2, 0) is 27.3 Å². The van der Waals surface area contributed by atoms with Crippen LogP contribution in [0.5, 0.6) is 5.75 Å². The van der Waals surface area contributed by atoms with Crippen LogP contribution in [-0.4, -0.2) is 44.7 Å². The summed E-state index contributed by atoms with van der Waals surface area (Å²) in [6.45, 7) is 2.68. The molecule has 3 aliphatic rings. The molecule has 192 valence electrons. The zero-order valence-corrected chi connectivity index (χ0v) is 21.6. The van der Waals surface area contributed by atoms with E-state index < -0.39 is 0 Å². The summed E-state index contributed by atoms with van der Waals surface area (Å²) in [5.41, 5.74) is 3.79. The molecule has 0 radical (unpaired) electrons. The number of halogens is 1. The van der Waals surface area contributed by atoms with E-state index in [1.54, 1.807) is 6.07 Å². The fraction of sp³-hybridized carbons (Fsp3) is 0.517. The highest BCUT2D eigenvalue weighted by molar-refractivity contribution is 6.30. The van der Waals surface area contributed by atoms with Crippen molar-refractivity contribution >= 4 is 29.0 Å². The number of ketones is 1. The number of esters is 1. The highest BCUT2D eigenvalue weighted by Gasteiger charge is 2.40. The van der Waals surface area contributed by atoms with Gasteiger partial charge in [-0.3, -0.25) is 4.79 Å². The van der Waals surface area contributed by atoms with E-state index in [9.17, 15) is 9.59 Å². The van der Waals surface area contributed by atoms with Crippen molar-refractivity contribution in [3.05, 3.63) is 58.1 Å². The Morgan fingerprint density at radius 2 is 2.00 bits per heavy atom. The molecule has 0 unspecified atom stereocenters. The molecule has 0 spiro atoms. The van der Waals surface area contributed by atoms with Crippen LogP contribution < -0.4 is 9.64 Å². The maximum atomic E-state index is 12.4. The van der Waals surface area contributed by atoms with Gasteiger partial charge in [-0.05, 0) is 85.4 Å². The molecule has 2 aliphatic heterocycles. The quantitative estimate of drug-likeness (QED) is 0.496. The molecule has 5 rings (SSSR count). The molecule has 2 heterocycles. The van der Waals surface area contributed by atoms with Gasteiger partial charge in [0.15, 0.2) is 0 Å². The van der Waals surface area contributed by atoms with Crippen LogP contribution in [0.15, 0.2) is 36.4 Å². The number of Topliss-reactive ketones (excluding diaryl/α,β-unsaturated/α-hetero) is 1. The normalized spacial score (nSPS) is 24.4. The van der Waals surface area contributed by atoms with E-state index >= 15 is 0 Å². The molecule has 0 amide bonds. The van der Waals surface area contributed by atoms with Crippen molar-refractivity contribution in [2.75, 3.05) is 31.7 Å². The van der Waals surface area contributed by atoms with Gasteiger partial charge in [-0.15, -0.1) is 0 Å². The Bertz CT molecular complexity index is 1120. The number of fused-ring (bicyclic) bond motifs is 2. The second-order valence-corrected chi connectivity index (χ2v) is 10.6. The van der Waals surface area contributed by atoms with Crippen molar-refractivity contribution < 1.29 is 23.8 Å². The van der Waals surface area contributed by atoms with Gasteiger partial charge in [0.2, 0.25) is 0 Å². The second-order valence-electron chi connectivity index (χ2n) is 10.2. The van der Waals surface area contributed by atoms with E-state index in [2.05, 4.69) is 4.90 Å². The summed E-state index contributed by atoms with van der Waals surface area (Å²) in [5, 5.41) is 0.743. The van der Waals surface area contributed by atoms with Crippen molar-refractivity contribution in [2.45, 2.75) is 57.7 Å². The third kappa shape index (κ3) is 5.55. The number of carbonyl (C=O) groups excluding carboxylic acids is 2. The SMILES string of the molecule is COC(=O)c1ccc2c(c1)N(C[C@@H]1CC[C@H]1[C@H]1CC(=O)CCO1)CCCCc1cc(Cl)ccc1CO2. The van der Waals surface area contributed by atoms with Gasteiger partial charge in [-0.2, -0.15) is 0 Å². The van der Waals surface area contributed by atoms with E-state index in [1.807, 2.05) is 30.3 Å². The van der Waals surface area contributed by atoms with Crippen molar-refractivity contribution in [1.29, 1.82) is 0 Å². The molecule has 0 aromatic heterocycles. The van der Waals surface area contributed by atoms with Gasteiger partial charge in [0.25, 0.3) is 0 Å². The first-order valence-corrected chi connectivity index (χ1v) is 13.4. The molecule has 3 atom stereocenters. The van der Waals surface area contributed by atoms with Crippen LogP contribution in [0, 0.1) is 11.8 Å². The zero-order valence-electron chi connectivity index (χ0n) is 20.8. The van der Waals surface area contributed by atoms with Crippen molar-refractivity contribution in [3.8, 4) is 5.75 Å². The fourth-order valence-corrected chi connectivity index (χ4v) is 5.96. The number of ether oxygens (including phenoxy) is 3. The maximum Gasteiger partial charge on any atom is 0.337 e. The van der Waals surface area contributed by atoms with Crippen LogP contribution in [0.25, 0.3) is 0 Å². The Morgan fingerprint density at radius 1 is 1.11 bits per heavy atom. The van der Waals surface area contributed by atoms with Crippen LogP contribution in [0.1, 0.15) is 60.0 Å². The summed E-state index contributed by atoms with van der Waals surface area (Å²) < 4.78 is 17.4. The minimum atomic E-state index is -0.359. The molecule has 0 N–H and O–H groups in total. The minimum absolute atomic E-state index is 0.0327. The van der Waals surface area contributed by atoms with E-state index in [4.69, 9.17) is 25.8 Å². The predicted molar refractivity (Wildman–Crippen MR) is 139 cm³/mol. The first-order valence-electron chi connectivity index (χ1n) is 13.0. The number of methoxy groups -OCH3 is 1. The van der Waals surface area contributed by atoms with Crippen LogP contribution in [0.3, 0.4) is 0 Å². The van der Waals surface area contributed by atoms with Gasteiger partial charge in [0.1, 0.15) is 18.1 Å². The number of anilines is 1. The molecular formula is C29H34ClNO5. The molecular weight excluding hydrogens is 478 g/mol. The predicted octanol–water partition coefficient (Wildman–Crippen LogP) is 5.62. The number of hydrogen-bond donors (Lipinski definition) is 0. The number of aryl methyl sites for hydroxylation is 1. The molecule has 36 heavy (non-hydrogen) atoms. The van der Waals surface area contributed by atoms with Gasteiger partial charge in [0, 0.05) is 31.0 Å². The smallest absolute Gasteiger partial charge is 0.337 e. The molecule has 0 bridgehead atoms. The lowest BCUT2D eigenvalue weighted by Gasteiger charge is -2.45. The molecule has 7 heteroatoms. The third-order valence-corrected chi connectivity index (χ3v) is 8.18. The molecule has 1 saturated carbocycles. The Morgan fingerprint density at radius 3 is 2.78 bits per heavy atom. The Kier molecular flexibility index (Phi) is 7.82. The van der Waals surface area contributed by atoms with Gasteiger partial charge in [-0.1, -0.05) is 17.7 Å². The summed E-state index contributed by atoms with van der Waals surface area (Å²) >= 11 is 6.28. The maximum absolute atomic E-state index is 12.4. The minimum Gasteiger partial charge on any atom is -0.487 e. The molecule has 2 aromatic rings. The highest BCUT2D eigenvalue weighted by atomic mass is 35.5. The summed E-state index contributed by atoms with van der Waals surface area (Å²) in [7, 11) is 1.40. The molecule has 1 saturated heterocycles. The number of benzene rings is 2. The molecule has 2 aromatic carbocycles. The van der Waals surface area contributed by atoms with Crippen molar-refractivity contribution in [3.63, 3.8) is 0 Å². The Labute approximate surface area is 217 Å². The number of hydrogen-bond acceptors (Lipinski definition) is 6. The largest absolute Gasteiger partial charge is 0.487 e. The number of carbonyl (C=O) groups is 2. The highest BCUT2D eigenvalue weighted by Crippen LogP contribution is 2.42. The summed E-state index contributed by atoms with van der Waals surface area (Å²) in [6, 6.07) is 11.5. The Hall–Kier alpha value is -2.57. The van der Waals surface area contributed by atoms with E-state index in [0.717, 1.165) is 67.2 Å². The van der Waals surface area contributed by atoms with Crippen molar-refractivity contribution in [1.82, 2.24) is 0 Å². The molecule has 6 nitrogen and oxygen atoms in total. The lowest BCUT2D eigenvalue weighted by atomic mass is 9.69. The number of nitrogens with zero attached hydrogens (tertiary/aromatic N) is 1. The molecule has 2 fully saturated rings. The number of rotatable bonds is 4. The summed E-state index contributed by atoms with van der Waals surface area (Å²) in [4.78, 5) is 26.8. The van der Waals surface area contributed by atoms with Gasteiger partial charge < -0.3 is 19.1 Å². The fourth-order valence-electron chi connectivity index (χ4n) is 5.76. The van der Waals surface area contributed by atoms with E-state index in [0.29, 0.717) is 49.2 Å². The van der Waals surface area contributed by atoms with Crippen LogP contribution in [0.4, 0.5) is 5.69 Å².